The summed E-state index contributed by atoms with van der Waals surface area (Å²) in [4.78, 5) is 35.2. The Balaban J connectivity index is 2.59. The van der Waals surface area contributed by atoms with Gasteiger partial charge in [0, 0.05) is 6.00 Å². The Labute approximate surface area is 147 Å². The van der Waals surface area contributed by atoms with E-state index in [0.717, 1.165) is 10.8 Å². The van der Waals surface area contributed by atoms with Crippen molar-refractivity contribution in [3.05, 3.63) is 0 Å². The third kappa shape index (κ3) is 9.15. The zero-order valence-electron chi connectivity index (χ0n) is 11.7. The minimum Gasteiger partial charge on any atom is -0.380 e. The first kappa shape index (κ1) is 23.1. The predicted molar refractivity (Wildman–Crippen MR) is 85.2 cm³/mol. The van der Waals surface area contributed by atoms with Gasteiger partial charge in [-0.05, 0) is 6.42 Å². The van der Waals surface area contributed by atoms with Crippen molar-refractivity contribution >= 4 is 53.8 Å². The van der Waals surface area contributed by atoms with E-state index in [4.69, 9.17) is 32.0 Å². The first-order valence-corrected chi connectivity index (χ1v) is 12.5. The van der Waals surface area contributed by atoms with Gasteiger partial charge < -0.3 is 29.0 Å². The third-order valence-electron chi connectivity index (χ3n) is 2.38. The molecular formula is C6H14BO12P3S2. The second-order valence-corrected chi connectivity index (χ2v) is 9.98. The molecule has 24 heavy (non-hydrogen) atoms. The van der Waals surface area contributed by atoms with E-state index in [1.807, 2.05) is 0 Å². The normalized spacial score (nSPS) is 30.0. The van der Waals surface area contributed by atoms with Gasteiger partial charge in [-0.1, -0.05) is 10.8 Å². The van der Waals surface area contributed by atoms with Crippen molar-refractivity contribution in [3.8, 4) is 0 Å². The maximum absolute atomic E-state index is 11.6. The number of rotatable bonds is 10. The first-order valence-electron chi connectivity index (χ1n) is 5.91. The van der Waals surface area contributed by atoms with Crippen LogP contribution in [0, 0.1) is 0 Å². The molecule has 2 radical (unpaired) electrons. The monoisotopic (exact) mass is 446 g/mol. The van der Waals surface area contributed by atoms with Crippen LogP contribution in [-0.4, -0.2) is 58.2 Å². The molecule has 0 bridgehead atoms. The molecule has 140 valence electrons. The predicted octanol–water partition coefficient (Wildman–Crippen LogP) is 0.534. The SMILES string of the molecule is [B]C1CC(OCSS)C(COP(=O)(O)OP(=O)(O)OP(=O)(O)O)O1. The molecule has 12 nitrogen and oxygen atoms in total. The molecule has 1 fully saturated rings. The fourth-order valence-corrected chi connectivity index (χ4v) is 5.11. The van der Waals surface area contributed by atoms with Gasteiger partial charge in [0.05, 0.1) is 12.7 Å². The number of phosphoric acid groups is 3. The van der Waals surface area contributed by atoms with Crippen LogP contribution in [0.2, 0.25) is 0 Å². The molecule has 1 aliphatic heterocycles. The lowest BCUT2D eigenvalue weighted by Gasteiger charge is -2.21. The zero-order valence-corrected chi connectivity index (χ0v) is 16.1. The van der Waals surface area contributed by atoms with Gasteiger partial charge in [0.1, 0.15) is 19.9 Å². The molecule has 0 spiro atoms. The summed E-state index contributed by atoms with van der Waals surface area (Å²) < 4.78 is 55.4. The van der Waals surface area contributed by atoms with Crippen molar-refractivity contribution in [2.75, 3.05) is 12.5 Å². The lowest BCUT2D eigenvalue weighted by atomic mass is 9.96. The Morgan fingerprint density at radius 3 is 2.33 bits per heavy atom. The molecule has 1 saturated heterocycles. The fraction of sp³-hybridized carbons (Fsp3) is 1.00. The van der Waals surface area contributed by atoms with Crippen molar-refractivity contribution in [1.82, 2.24) is 0 Å². The zero-order chi connectivity index (χ0) is 18.6. The van der Waals surface area contributed by atoms with E-state index in [1.165, 1.54) is 0 Å². The lowest BCUT2D eigenvalue weighted by molar-refractivity contribution is -0.0237. The maximum Gasteiger partial charge on any atom is 0.490 e. The van der Waals surface area contributed by atoms with Crippen molar-refractivity contribution in [3.63, 3.8) is 0 Å². The van der Waals surface area contributed by atoms with Crippen molar-refractivity contribution in [2.45, 2.75) is 24.6 Å². The molecule has 0 amide bonds. The van der Waals surface area contributed by atoms with E-state index in [0.29, 0.717) is 0 Å². The van der Waals surface area contributed by atoms with Crippen LogP contribution in [0.4, 0.5) is 0 Å². The van der Waals surface area contributed by atoms with Crippen molar-refractivity contribution in [2.24, 2.45) is 0 Å². The summed E-state index contributed by atoms with van der Waals surface area (Å²) in [6, 6.07) is -0.713. The molecule has 5 unspecified atom stereocenters. The van der Waals surface area contributed by atoms with E-state index in [1.54, 1.807) is 0 Å². The van der Waals surface area contributed by atoms with Gasteiger partial charge in [-0.2, -0.15) is 8.62 Å². The highest BCUT2D eigenvalue weighted by atomic mass is 33.1. The number of thiol groups is 1. The van der Waals surface area contributed by atoms with Gasteiger partial charge in [0.25, 0.3) is 0 Å². The summed E-state index contributed by atoms with van der Waals surface area (Å²) in [7, 11) is -9.56. The quantitative estimate of drug-likeness (QED) is 0.103. The van der Waals surface area contributed by atoms with Gasteiger partial charge in [-0.3, -0.25) is 4.52 Å². The van der Waals surface area contributed by atoms with E-state index >= 15 is 0 Å². The lowest BCUT2D eigenvalue weighted by Crippen LogP contribution is -2.28. The highest BCUT2D eigenvalue weighted by Crippen LogP contribution is 2.66. The Morgan fingerprint density at radius 2 is 1.79 bits per heavy atom. The topological polar surface area (TPSA) is 178 Å². The second-order valence-electron chi connectivity index (χ2n) is 4.29. The first-order chi connectivity index (χ1) is 10.8. The number of ether oxygens (including phenoxy) is 2. The van der Waals surface area contributed by atoms with Crippen LogP contribution in [-0.2, 0) is 36.3 Å². The van der Waals surface area contributed by atoms with E-state index < -0.39 is 48.3 Å². The average Bonchev–Trinajstić information content (AvgIpc) is 2.70. The number of hydrogen-bond acceptors (Lipinski definition) is 10. The smallest absolute Gasteiger partial charge is 0.380 e. The van der Waals surface area contributed by atoms with Crippen LogP contribution in [0.1, 0.15) is 6.42 Å². The number of hydrogen-bond donors (Lipinski definition) is 5. The van der Waals surface area contributed by atoms with Crippen LogP contribution in [0.3, 0.4) is 0 Å². The largest absolute Gasteiger partial charge is 0.490 e. The van der Waals surface area contributed by atoms with E-state index in [-0.39, 0.29) is 12.4 Å². The molecule has 5 atom stereocenters. The summed E-state index contributed by atoms with van der Waals surface area (Å²) in [6.45, 7) is -0.612. The highest BCUT2D eigenvalue weighted by Gasteiger charge is 2.42. The van der Waals surface area contributed by atoms with Crippen LogP contribution in [0.15, 0.2) is 0 Å². The summed E-state index contributed by atoms with van der Waals surface area (Å²) in [6.07, 6.45) is -1.21. The Kier molecular flexibility index (Phi) is 9.00. The molecule has 1 heterocycles. The molecule has 1 aliphatic rings. The van der Waals surface area contributed by atoms with Crippen LogP contribution in [0.5, 0.6) is 0 Å². The van der Waals surface area contributed by atoms with Crippen LogP contribution < -0.4 is 0 Å². The molecular weight excluding hydrogens is 432 g/mol. The molecule has 18 heteroatoms. The Bertz CT molecular complexity index is 557. The Morgan fingerprint density at radius 1 is 1.17 bits per heavy atom. The molecule has 0 aliphatic carbocycles. The minimum atomic E-state index is -5.55. The summed E-state index contributed by atoms with van der Waals surface area (Å²) in [5, 5.41) is 0. The molecule has 4 N–H and O–H groups in total. The van der Waals surface area contributed by atoms with E-state index in [2.05, 4.69) is 24.8 Å². The third-order valence-corrected chi connectivity index (χ3v) is 6.74. The maximum atomic E-state index is 11.6. The van der Waals surface area contributed by atoms with Crippen LogP contribution >= 0.6 is 45.9 Å². The van der Waals surface area contributed by atoms with Gasteiger partial charge in [0.2, 0.25) is 0 Å². The highest BCUT2D eigenvalue weighted by molar-refractivity contribution is 8.68. The molecule has 1 rings (SSSR count). The number of phosphoric ester groups is 1. The summed E-state index contributed by atoms with van der Waals surface area (Å²) in [5.74, 6) is 0.176. The van der Waals surface area contributed by atoms with Crippen LogP contribution in [0.25, 0.3) is 0 Å². The summed E-state index contributed by atoms with van der Waals surface area (Å²) in [5.41, 5.74) is 0. The molecule has 0 saturated carbocycles. The summed E-state index contributed by atoms with van der Waals surface area (Å²) >= 11 is 3.87. The Hall–Kier alpha value is 1.09. The standard InChI is InChI=1S/C6H14BO12P3S2/c7-6-1-4(15-3-24-23)5(17-6)2-16-21(11,12)19-22(13,14)18-20(8,9)10/h4-6,23H,1-3H2,(H,11,12)(H,13,14)(H2,8,9,10). The molecule has 0 aromatic carbocycles. The molecule has 0 aromatic rings. The average molecular weight is 446 g/mol. The van der Waals surface area contributed by atoms with Crippen molar-refractivity contribution < 1.29 is 55.9 Å². The second kappa shape index (κ2) is 9.34. The minimum absolute atomic E-state index is 0.176. The van der Waals surface area contributed by atoms with Crippen molar-refractivity contribution in [1.29, 1.82) is 0 Å². The van der Waals surface area contributed by atoms with Gasteiger partial charge >= 0.3 is 23.5 Å². The van der Waals surface area contributed by atoms with Gasteiger partial charge in [0.15, 0.2) is 0 Å². The van der Waals surface area contributed by atoms with Gasteiger partial charge in [-0.25, -0.2) is 13.7 Å². The van der Waals surface area contributed by atoms with E-state index in [9.17, 15) is 18.6 Å². The van der Waals surface area contributed by atoms with Gasteiger partial charge in [-0.15, -0.1) is 11.7 Å². The molecule has 0 aromatic heterocycles. The fourth-order valence-electron chi connectivity index (χ4n) is 1.66.